The molecule has 1 rings (SSSR count). The van der Waals surface area contributed by atoms with Crippen LogP contribution >= 0.6 is 0 Å². The van der Waals surface area contributed by atoms with E-state index in [1.807, 2.05) is 5.32 Å². The molecule has 0 saturated carbocycles. The van der Waals surface area contributed by atoms with E-state index in [1.165, 1.54) is 13.2 Å². The molecule has 1 aromatic rings. The van der Waals surface area contributed by atoms with Gasteiger partial charge in [-0.2, -0.15) is 13.2 Å². The lowest BCUT2D eigenvalue weighted by Crippen LogP contribution is -2.36. The van der Waals surface area contributed by atoms with Gasteiger partial charge in [-0.05, 0) is 12.1 Å². The Morgan fingerprint density at radius 1 is 1.39 bits per heavy atom. The van der Waals surface area contributed by atoms with Crippen LogP contribution in [0.25, 0.3) is 0 Å². The van der Waals surface area contributed by atoms with Crippen molar-refractivity contribution < 1.29 is 27.1 Å². The Kier molecular flexibility index (Phi) is 4.35. The number of benzene rings is 1. The number of carbonyl (C=O) groups is 1. The normalized spacial score (nSPS) is 10.9. The Morgan fingerprint density at radius 3 is 2.61 bits per heavy atom. The zero-order chi connectivity index (χ0) is 13.8. The highest BCUT2D eigenvalue weighted by atomic mass is 19.4. The van der Waals surface area contributed by atoms with E-state index in [1.54, 1.807) is 5.32 Å². The van der Waals surface area contributed by atoms with Gasteiger partial charge in [-0.1, -0.05) is 0 Å². The van der Waals surface area contributed by atoms with Gasteiger partial charge in [0, 0.05) is 6.07 Å². The van der Waals surface area contributed by atoms with Crippen LogP contribution in [-0.2, 0) is 0 Å². The highest BCUT2D eigenvalue weighted by Crippen LogP contribution is 2.21. The van der Waals surface area contributed by atoms with Gasteiger partial charge in [0.1, 0.15) is 18.1 Å². The maximum Gasteiger partial charge on any atom is 0.405 e. The number of rotatable bonds is 3. The number of halogens is 4. The average molecular weight is 266 g/mol. The van der Waals surface area contributed by atoms with Crippen molar-refractivity contribution in [1.82, 2.24) is 5.32 Å². The van der Waals surface area contributed by atoms with Crippen molar-refractivity contribution in [2.45, 2.75) is 6.18 Å². The minimum absolute atomic E-state index is 0.266. The molecule has 0 aromatic heterocycles. The molecule has 2 amide bonds. The van der Waals surface area contributed by atoms with E-state index in [0.29, 0.717) is 0 Å². The summed E-state index contributed by atoms with van der Waals surface area (Å²) in [6.45, 7) is -1.50. The van der Waals surface area contributed by atoms with Crippen molar-refractivity contribution in [2.75, 3.05) is 19.0 Å². The zero-order valence-corrected chi connectivity index (χ0v) is 9.27. The molecule has 0 unspecified atom stereocenters. The molecular weight excluding hydrogens is 256 g/mol. The van der Waals surface area contributed by atoms with Gasteiger partial charge in [-0.3, -0.25) is 0 Å². The number of carbonyl (C=O) groups excluding carboxylic acids is 1. The van der Waals surface area contributed by atoms with E-state index in [9.17, 15) is 22.4 Å². The Bertz CT molecular complexity index is 434. The standard InChI is InChI=1S/C10H10F4N2O2/c1-18-6-2-3-7(11)8(4-6)16-9(17)15-5-10(12,13)14/h2-4H,5H2,1H3,(H2,15,16,17). The van der Waals surface area contributed by atoms with Crippen LogP contribution in [0.5, 0.6) is 5.75 Å². The Hall–Kier alpha value is -1.99. The molecular formula is C10H10F4N2O2. The number of urea groups is 1. The van der Waals surface area contributed by atoms with Gasteiger partial charge in [0.2, 0.25) is 0 Å². The monoisotopic (exact) mass is 266 g/mol. The summed E-state index contributed by atoms with van der Waals surface area (Å²) in [6.07, 6.45) is -4.52. The van der Waals surface area contributed by atoms with Crippen LogP contribution in [0.15, 0.2) is 18.2 Å². The second-order valence-electron chi connectivity index (χ2n) is 3.27. The summed E-state index contributed by atoms with van der Waals surface area (Å²) in [7, 11) is 1.33. The fraction of sp³-hybridized carbons (Fsp3) is 0.300. The topological polar surface area (TPSA) is 50.4 Å². The quantitative estimate of drug-likeness (QED) is 0.826. The van der Waals surface area contributed by atoms with Crippen molar-refractivity contribution in [3.63, 3.8) is 0 Å². The van der Waals surface area contributed by atoms with Crippen LogP contribution in [-0.4, -0.2) is 25.9 Å². The first-order chi connectivity index (χ1) is 8.31. The smallest absolute Gasteiger partial charge is 0.405 e. The fourth-order valence-corrected chi connectivity index (χ4v) is 1.07. The average Bonchev–Trinajstić information content (AvgIpc) is 2.28. The van der Waals surface area contributed by atoms with E-state index in [2.05, 4.69) is 0 Å². The van der Waals surface area contributed by atoms with E-state index in [4.69, 9.17) is 4.74 Å². The summed E-state index contributed by atoms with van der Waals surface area (Å²) in [6, 6.07) is 2.34. The van der Waals surface area contributed by atoms with Crippen LogP contribution in [0.1, 0.15) is 0 Å². The Balaban J connectivity index is 2.64. The Morgan fingerprint density at radius 2 is 2.06 bits per heavy atom. The number of nitrogens with one attached hydrogen (secondary N) is 2. The molecule has 0 saturated heterocycles. The number of hydrogen-bond donors (Lipinski definition) is 2. The van der Waals surface area contributed by atoms with Crippen LogP contribution in [0.2, 0.25) is 0 Å². The summed E-state index contributed by atoms with van der Waals surface area (Å²) in [5.74, 6) is -0.513. The summed E-state index contributed by atoms with van der Waals surface area (Å²) in [5.41, 5.74) is -0.269. The van der Waals surface area contributed by atoms with Crippen molar-refractivity contribution in [3.05, 3.63) is 24.0 Å². The predicted molar refractivity (Wildman–Crippen MR) is 56.0 cm³/mol. The van der Waals surface area contributed by atoms with Crippen LogP contribution < -0.4 is 15.4 Å². The van der Waals surface area contributed by atoms with E-state index in [0.717, 1.165) is 12.1 Å². The third-order valence-electron chi connectivity index (χ3n) is 1.87. The van der Waals surface area contributed by atoms with Gasteiger partial charge in [-0.25, -0.2) is 9.18 Å². The molecule has 0 radical (unpaired) electrons. The number of ether oxygens (including phenoxy) is 1. The molecule has 18 heavy (non-hydrogen) atoms. The second kappa shape index (κ2) is 5.56. The van der Waals surface area contributed by atoms with Crippen molar-refractivity contribution in [3.8, 4) is 5.75 Å². The predicted octanol–water partition coefficient (Wildman–Crippen LogP) is 2.52. The molecule has 0 heterocycles. The van der Waals surface area contributed by atoms with Gasteiger partial charge in [0.05, 0.1) is 12.8 Å². The van der Waals surface area contributed by atoms with Crippen molar-refractivity contribution in [2.24, 2.45) is 0 Å². The van der Waals surface area contributed by atoms with Gasteiger partial charge < -0.3 is 15.4 Å². The van der Waals surface area contributed by atoms with Gasteiger partial charge >= 0.3 is 12.2 Å². The number of hydrogen-bond acceptors (Lipinski definition) is 2. The SMILES string of the molecule is COc1ccc(F)c(NC(=O)NCC(F)(F)F)c1. The molecule has 4 nitrogen and oxygen atoms in total. The molecule has 1 aromatic carbocycles. The van der Waals surface area contributed by atoms with Gasteiger partial charge in [0.25, 0.3) is 0 Å². The summed E-state index contributed by atoms with van der Waals surface area (Å²) < 4.78 is 53.5. The number of anilines is 1. The first kappa shape index (κ1) is 14.1. The molecule has 0 aliphatic heterocycles. The second-order valence-corrected chi connectivity index (χ2v) is 3.27. The fourth-order valence-electron chi connectivity index (χ4n) is 1.07. The maximum absolute atomic E-state index is 13.2. The first-order valence-electron chi connectivity index (χ1n) is 4.77. The minimum atomic E-state index is -4.52. The minimum Gasteiger partial charge on any atom is -0.497 e. The van der Waals surface area contributed by atoms with E-state index < -0.39 is 24.6 Å². The van der Waals surface area contributed by atoms with Gasteiger partial charge in [-0.15, -0.1) is 0 Å². The molecule has 100 valence electrons. The molecule has 0 spiro atoms. The lowest BCUT2D eigenvalue weighted by Gasteiger charge is -2.11. The van der Waals surface area contributed by atoms with Gasteiger partial charge in [0.15, 0.2) is 0 Å². The molecule has 0 aliphatic rings. The summed E-state index contributed by atoms with van der Waals surface area (Å²) >= 11 is 0. The third kappa shape index (κ3) is 4.48. The number of amides is 2. The maximum atomic E-state index is 13.2. The lowest BCUT2D eigenvalue weighted by atomic mass is 10.3. The van der Waals surface area contributed by atoms with E-state index >= 15 is 0 Å². The summed E-state index contributed by atoms with van der Waals surface area (Å²) in [5, 5.41) is 3.51. The molecule has 0 atom stereocenters. The van der Waals surface area contributed by atoms with Crippen molar-refractivity contribution in [1.29, 1.82) is 0 Å². The molecule has 0 aliphatic carbocycles. The third-order valence-corrected chi connectivity index (χ3v) is 1.87. The first-order valence-corrected chi connectivity index (χ1v) is 4.77. The molecule has 8 heteroatoms. The lowest BCUT2D eigenvalue weighted by molar-refractivity contribution is -0.122. The molecule has 2 N–H and O–H groups in total. The van der Waals surface area contributed by atoms with Crippen LogP contribution in [0.3, 0.4) is 0 Å². The highest BCUT2D eigenvalue weighted by molar-refractivity contribution is 5.89. The van der Waals surface area contributed by atoms with Crippen LogP contribution in [0, 0.1) is 5.82 Å². The highest BCUT2D eigenvalue weighted by Gasteiger charge is 2.27. The van der Waals surface area contributed by atoms with E-state index in [-0.39, 0.29) is 11.4 Å². The van der Waals surface area contributed by atoms with Crippen LogP contribution in [0.4, 0.5) is 28.0 Å². The Labute approximate surface area is 99.9 Å². The zero-order valence-electron chi connectivity index (χ0n) is 9.27. The number of methoxy groups -OCH3 is 1. The number of alkyl halides is 3. The largest absolute Gasteiger partial charge is 0.497 e. The summed E-state index contributed by atoms with van der Waals surface area (Å²) in [4.78, 5) is 11.1. The molecule has 0 fully saturated rings. The van der Waals surface area contributed by atoms with Crippen molar-refractivity contribution >= 4 is 11.7 Å². The molecule has 0 bridgehead atoms.